The molecule has 0 amide bonds. The minimum absolute atomic E-state index is 0.610. The number of carbonyl (C=O) groups excluding carboxylic acids is 2. The van der Waals surface area contributed by atoms with E-state index in [9.17, 15) is 9.59 Å². The van der Waals surface area contributed by atoms with Crippen LogP contribution in [0.25, 0.3) is 10.9 Å². The maximum Gasteiger partial charge on any atom is 0.511 e. The average molecular weight is 390 g/mol. The third-order valence-electron chi connectivity index (χ3n) is 3.99. The Kier molecular flexibility index (Phi) is 6.72. The second-order valence-electron chi connectivity index (χ2n) is 8.13. The first-order valence-electron chi connectivity index (χ1n) is 9.32. The molecule has 1 unspecified atom stereocenters. The highest BCUT2D eigenvalue weighted by Crippen LogP contribution is 2.24. The van der Waals surface area contributed by atoms with Gasteiger partial charge in [0.2, 0.25) is 6.29 Å². The molecule has 0 fully saturated rings. The zero-order valence-corrected chi connectivity index (χ0v) is 17.7. The summed E-state index contributed by atoms with van der Waals surface area (Å²) in [6.07, 6.45) is 0.0248. The highest BCUT2D eigenvalue weighted by molar-refractivity contribution is 5.92. The van der Waals surface area contributed by atoms with Crippen molar-refractivity contribution in [1.82, 2.24) is 9.47 Å². The number of carbonyl (C=O) groups is 2. The Balaban J connectivity index is 2.17. The van der Waals surface area contributed by atoms with Gasteiger partial charge < -0.3 is 19.1 Å². The number of aryl methyl sites for hydroxylation is 1. The lowest BCUT2D eigenvalue weighted by Crippen LogP contribution is -2.29. The number of nitrogens with zero attached hydrogens (tertiary/aromatic N) is 2. The van der Waals surface area contributed by atoms with Gasteiger partial charge >= 0.3 is 12.2 Å². The number of hydrogen-bond donors (Lipinski definition) is 0. The zero-order chi connectivity index (χ0) is 21.1. The Morgan fingerprint density at radius 2 is 1.86 bits per heavy atom. The van der Waals surface area contributed by atoms with Crippen LogP contribution in [-0.4, -0.2) is 54.2 Å². The summed E-state index contributed by atoms with van der Waals surface area (Å²) in [6, 6.07) is 5.90. The summed E-state index contributed by atoms with van der Waals surface area (Å²) in [4.78, 5) is 26.5. The van der Waals surface area contributed by atoms with Crippen molar-refractivity contribution in [2.24, 2.45) is 0 Å². The number of likely N-dealkylation sites (N-methyl/N-ethyl adjacent to an activating group) is 1. The van der Waals surface area contributed by atoms with Gasteiger partial charge in [-0.1, -0.05) is 11.6 Å². The number of hydrogen-bond acceptors (Lipinski definition) is 6. The first-order valence-corrected chi connectivity index (χ1v) is 9.32. The van der Waals surface area contributed by atoms with E-state index in [1.54, 1.807) is 27.0 Å². The van der Waals surface area contributed by atoms with E-state index in [-0.39, 0.29) is 0 Å². The lowest BCUT2D eigenvalue weighted by Gasteiger charge is -2.21. The predicted octanol–water partition coefficient (Wildman–Crippen LogP) is 4.34. The van der Waals surface area contributed by atoms with Crippen molar-refractivity contribution in [2.45, 2.75) is 52.9 Å². The Morgan fingerprint density at radius 3 is 2.46 bits per heavy atom. The number of rotatable bonds is 5. The van der Waals surface area contributed by atoms with Gasteiger partial charge in [-0.05, 0) is 65.9 Å². The molecule has 28 heavy (non-hydrogen) atoms. The van der Waals surface area contributed by atoms with Gasteiger partial charge in [-0.25, -0.2) is 9.59 Å². The highest BCUT2D eigenvalue weighted by atomic mass is 16.8. The molecular weight excluding hydrogens is 360 g/mol. The van der Waals surface area contributed by atoms with E-state index < -0.39 is 24.1 Å². The van der Waals surface area contributed by atoms with Gasteiger partial charge in [0, 0.05) is 25.1 Å². The largest absolute Gasteiger partial charge is 0.511 e. The summed E-state index contributed by atoms with van der Waals surface area (Å²) in [6.45, 7) is 9.54. The van der Waals surface area contributed by atoms with E-state index in [0.29, 0.717) is 0 Å². The second kappa shape index (κ2) is 8.65. The number of aromatic nitrogens is 1. The molecule has 1 aromatic carbocycles. The van der Waals surface area contributed by atoms with Gasteiger partial charge in [0.1, 0.15) is 5.60 Å². The molecule has 0 aliphatic heterocycles. The van der Waals surface area contributed by atoms with Crippen molar-refractivity contribution in [3.8, 4) is 0 Å². The summed E-state index contributed by atoms with van der Waals surface area (Å²) in [5.74, 6) is 0. The van der Waals surface area contributed by atoms with Crippen molar-refractivity contribution in [3.05, 3.63) is 35.5 Å². The standard InChI is InChI=1S/C21H30N2O5/c1-14-8-9-18-17(12-14)16(10-11-22(6)7)13-23(18)19(24)26-15(2)27-20(25)28-21(3,4)5/h8-9,12-13,15H,10-11H2,1-7H3. The molecule has 0 saturated carbocycles. The molecule has 1 aromatic heterocycles. The van der Waals surface area contributed by atoms with Crippen LogP contribution in [-0.2, 0) is 20.6 Å². The lowest BCUT2D eigenvalue weighted by atomic mass is 10.1. The molecule has 7 nitrogen and oxygen atoms in total. The molecule has 1 heterocycles. The minimum Gasteiger partial charge on any atom is -0.428 e. The SMILES string of the molecule is Cc1ccc2c(c1)c(CCN(C)C)cn2C(=O)OC(C)OC(=O)OC(C)(C)C. The molecule has 2 rings (SSSR count). The van der Waals surface area contributed by atoms with Crippen molar-refractivity contribution < 1.29 is 23.8 Å². The van der Waals surface area contributed by atoms with Gasteiger partial charge in [-0.3, -0.25) is 4.57 Å². The molecule has 0 spiro atoms. The molecule has 0 aliphatic rings. The van der Waals surface area contributed by atoms with Crippen molar-refractivity contribution >= 4 is 23.2 Å². The van der Waals surface area contributed by atoms with Gasteiger partial charge in [-0.2, -0.15) is 0 Å². The summed E-state index contributed by atoms with van der Waals surface area (Å²) >= 11 is 0. The molecule has 0 N–H and O–H groups in total. The van der Waals surface area contributed by atoms with Gasteiger partial charge in [-0.15, -0.1) is 0 Å². The van der Waals surface area contributed by atoms with E-state index in [1.807, 2.05) is 33.2 Å². The van der Waals surface area contributed by atoms with Crippen LogP contribution in [0, 0.1) is 6.92 Å². The molecule has 0 radical (unpaired) electrons. The van der Waals surface area contributed by atoms with Crippen LogP contribution >= 0.6 is 0 Å². The van der Waals surface area contributed by atoms with Crippen molar-refractivity contribution in [3.63, 3.8) is 0 Å². The van der Waals surface area contributed by atoms with Crippen LogP contribution in [0.1, 0.15) is 38.8 Å². The normalized spacial score (nSPS) is 12.9. The summed E-state index contributed by atoms with van der Waals surface area (Å²) in [5.41, 5.74) is 2.25. The fourth-order valence-electron chi connectivity index (χ4n) is 2.74. The minimum atomic E-state index is -1.07. The van der Waals surface area contributed by atoms with Gasteiger partial charge in [0.05, 0.1) is 5.52 Å². The Morgan fingerprint density at radius 1 is 1.18 bits per heavy atom. The van der Waals surface area contributed by atoms with Gasteiger partial charge in [0.15, 0.2) is 0 Å². The lowest BCUT2D eigenvalue weighted by molar-refractivity contribution is -0.0922. The molecule has 0 bridgehead atoms. The number of benzene rings is 1. The zero-order valence-electron chi connectivity index (χ0n) is 17.7. The average Bonchev–Trinajstić information content (AvgIpc) is 2.88. The molecule has 154 valence electrons. The number of ether oxygens (including phenoxy) is 3. The maximum atomic E-state index is 12.7. The van der Waals surface area contributed by atoms with E-state index in [2.05, 4.69) is 11.0 Å². The molecule has 1 atom stereocenters. The van der Waals surface area contributed by atoms with E-state index in [1.165, 1.54) is 11.5 Å². The second-order valence-corrected chi connectivity index (χ2v) is 8.13. The molecular formula is C21H30N2O5. The maximum absolute atomic E-state index is 12.7. The molecule has 0 aliphatic carbocycles. The monoisotopic (exact) mass is 390 g/mol. The van der Waals surface area contributed by atoms with Crippen molar-refractivity contribution in [1.29, 1.82) is 0 Å². The van der Waals surface area contributed by atoms with E-state index >= 15 is 0 Å². The van der Waals surface area contributed by atoms with Crippen LogP contribution in [0.15, 0.2) is 24.4 Å². The number of fused-ring (bicyclic) bond motifs is 1. The van der Waals surface area contributed by atoms with Crippen LogP contribution < -0.4 is 0 Å². The van der Waals surface area contributed by atoms with Crippen LogP contribution in [0.4, 0.5) is 9.59 Å². The Labute approximate surface area is 166 Å². The topological polar surface area (TPSA) is 70.0 Å². The van der Waals surface area contributed by atoms with Crippen LogP contribution in [0.5, 0.6) is 0 Å². The van der Waals surface area contributed by atoms with Crippen LogP contribution in [0.2, 0.25) is 0 Å². The fraction of sp³-hybridized carbons (Fsp3) is 0.524. The Hall–Kier alpha value is -2.54. The quantitative estimate of drug-likeness (QED) is 0.559. The van der Waals surface area contributed by atoms with Gasteiger partial charge in [0.25, 0.3) is 0 Å². The summed E-state index contributed by atoms with van der Waals surface area (Å²) in [7, 11) is 4.02. The Bertz CT molecular complexity index is 848. The van der Waals surface area contributed by atoms with E-state index in [0.717, 1.165) is 35.0 Å². The summed E-state index contributed by atoms with van der Waals surface area (Å²) < 4.78 is 16.8. The first kappa shape index (κ1) is 21.8. The van der Waals surface area contributed by atoms with Crippen molar-refractivity contribution in [2.75, 3.05) is 20.6 Å². The predicted molar refractivity (Wildman–Crippen MR) is 108 cm³/mol. The molecule has 7 heteroatoms. The van der Waals surface area contributed by atoms with E-state index in [4.69, 9.17) is 14.2 Å². The first-order chi connectivity index (χ1) is 13.0. The smallest absolute Gasteiger partial charge is 0.428 e. The third-order valence-corrected chi connectivity index (χ3v) is 3.99. The molecule has 0 saturated heterocycles. The fourth-order valence-corrected chi connectivity index (χ4v) is 2.74. The highest BCUT2D eigenvalue weighted by Gasteiger charge is 2.23. The summed E-state index contributed by atoms with van der Waals surface area (Å²) in [5, 5.41) is 1.01. The van der Waals surface area contributed by atoms with Crippen LogP contribution in [0.3, 0.4) is 0 Å². The molecule has 2 aromatic rings. The third kappa shape index (κ3) is 5.99.